The summed E-state index contributed by atoms with van der Waals surface area (Å²) in [5, 5.41) is 3.58. The van der Waals surface area contributed by atoms with Crippen molar-refractivity contribution in [3.05, 3.63) is 57.5 Å². The van der Waals surface area contributed by atoms with Crippen molar-refractivity contribution in [2.45, 2.75) is 44.9 Å². The second-order valence-electron chi connectivity index (χ2n) is 7.43. The largest absolute Gasteiger partial charge is 0.378 e. The SMILES string of the molecule is COCc1nc(SCCCC(=O)NCC(C)C)n(C)c(=O)c1Cc1ccccc1. The summed E-state index contributed by atoms with van der Waals surface area (Å²) in [5.41, 5.74) is 2.36. The highest BCUT2D eigenvalue weighted by atomic mass is 32.2. The molecule has 29 heavy (non-hydrogen) atoms. The average molecular weight is 418 g/mol. The van der Waals surface area contributed by atoms with Crippen LogP contribution in [0.3, 0.4) is 0 Å². The Balaban J connectivity index is 2.05. The minimum absolute atomic E-state index is 0.0481. The first-order valence-electron chi connectivity index (χ1n) is 9.93. The zero-order valence-corrected chi connectivity index (χ0v) is 18.6. The lowest BCUT2D eigenvalue weighted by molar-refractivity contribution is -0.121. The predicted octanol–water partition coefficient (Wildman–Crippen LogP) is 3.16. The number of carbonyl (C=O) groups excluding carboxylic acids is 1. The van der Waals surface area contributed by atoms with Crippen molar-refractivity contribution in [2.75, 3.05) is 19.4 Å². The molecule has 7 heteroatoms. The Labute approximate surface area is 177 Å². The minimum Gasteiger partial charge on any atom is -0.378 e. The smallest absolute Gasteiger partial charge is 0.257 e. The van der Waals surface area contributed by atoms with E-state index in [0.29, 0.717) is 48.3 Å². The van der Waals surface area contributed by atoms with E-state index in [9.17, 15) is 9.59 Å². The van der Waals surface area contributed by atoms with E-state index in [2.05, 4.69) is 19.2 Å². The maximum absolute atomic E-state index is 13.0. The molecule has 0 unspecified atom stereocenters. The van der Waals surface area contributed by atoms with Crippen LogP contribution in [0.5, 0.6) is 0 Å². The van der Waals surface area contributed by atoms with E-state index in [1.54, 1.807) is 18.7 Å². The van der Waals surface area contributed by atoms with Crippen LogP contribution in [-0.4, -0.2) is 34.9 Å². The maximum Gasteiger partial charge on any atom is 0.257 e. The van der Waals surface area contributed by atoms with Crippen LogP contribution in [0.25, 0.3) is 0 Å². The van der Waals surface area contributed by atoms with E-state index in [4.69, 9.17) is 9.72 Å². The number of rotatable bonds is 11. The summed E-state index contributed by atoms with van der Waals surface area (Å²) in [5.74, 6) is 1.24. The van der Waals surface area contributed by atoms with Crippen molar-refractivity contribution in [3.63, 3.8) is 0 Å². The van der Waals surface area contributed by atoms with Crippen LogP contribution in [-0.2, 0) is 29.6 Å². The highest BCUT2D eigenvalue weighted by Crippen LogP contribution is 2.19. The normalized spacial score (nSPS) is 11.1. The van der Waals surface area contributed by atoms with Crippen LogP contribution in [0.1, 0.15) is 43.5 Å². The molecular formula is C22H31N3O3S. The van der Waals surface area contributed by atoms with Gasteiger partial charge < -0.3 is 10.1 Å². The second-order valence-corrected chi connectivity index (χ2v) is 8.49. The number of benzene rings is 1. The van der Waals surface area contributed by atoms with E-state index in [-0.39, 0.29) is 11.5 Å². The monoisotopic (exact) mass is 417 g/mol. The molecule has 0 radical (unpaired) electrons. The van der Waals surface area contributed by atoms with Gasteiger partial charge in [-0.15, -0.1) is 0 Å². The fourth-order valence-electron chi connectivity index (χ4n) is 2.84. The number of carbonyl (C=O) groups is 1. The molecule has 0 fully saturated rings. The summed E-state index contributed by atoms with van der Waals surface area (Å²) < 4.78 is 6.88. The van der Waals surface area contributed by atoms with E-state index in [0.717, 1.165) is 17.7 Å². The number of amides is 1. The summed E-state index contributed by atoms with van der Waals surface area (Å²) in [6.45, 7) is 5.14. The van der Waals surface area contributed by atoms with Gasteiger partial charge in [-0.1, -0.05) is 55.9 Å². The van der Waals surface area contributed by atoms with Crippen molar-refractivity contribution in [3.8, 4) is 0 Å². The molecule has 0 aliphatic rings. The van der Waals surface area contributed by atoms with Gasteiger partial charge in [0.1, 0.15) is 0 Å². The number of thioether (sulfide) groups is 1. The first-order valence-corrected chi connectivity index (χ1v) is 10.9. The number of methoxy groups -OCH3 is 1. The van der Waals surface area contributed by atoms with Crippen LogP contribution in [0.4, 0.5) is 0 Å². The summed E-state index contributed by atoms with van der Waals surface area (Å²) >= 11 is 1.50. The first kappa shape index (κ1) is 23.2. The molecule has 0 spiro atoms. The highest BCUT2D eigenvalue weighted by Gasteiger charge is 2.16. The Hall–Kier alpha value is -2.12. The van der Waals surface area contributed by atoms with Crippen LogP contribution in [0.15, 0.2) is 40.3 Å². The molecule has 0 saturated heterocycles. The second kappa shape index (κ2) is 11.8. The first-order chi connectivity index (χ1) is 13.9. The van der Waals surface area contributed by atoms with E-state index < -0.39 is 0 Å². The van der Waals surface area contributed by atoms with Crippen LogP contribution >= 0.6 is 11.8 Å². The third kappa shape index (κ3) is 7.33. The molecule has 1 amide bonds. The molecule has 0 aliphatic carbocycles. The molecule has 0 saturated carbocycles. The summed E-state index contributed by atoms with van der Waals surface area (Å²) in [4.78, 5) is 29.5. The fourth-order valence-corrected chi connectivity index (χ4v) is 3.76. The van der Waals surface area contributed by atoms with Crippen molar-refractivity contribution in [1.29, 1.82) is 0 Å². The Morgan fingerprint density at radius 1 is 1.28 bits per heavy atom. The lowest BCUT2D eigenvalue weighted by Gasteiger charge is -2.14. The van der Waals surface area contributed by atoms with Crippen molar-refractivity contribution in [2.24, 2.45) is 13.0 Å². The molecule has 0 bridgehead atoms. The molecule has 1 aromatic carbocycles. The third-order valence-electron chi connectivity index (χ3n) is 4.42. The Kier molecular flexibility index (Phi) is 9.41. The van der Waals surface area contributed by atoms with Gasteiger partial charge in [0, 0.05) is 44.9 Å². The highest BCUT2D eigenvalue weighted by molar-refractivity contribution is 7.99. The summed E-state index contributed by atoms with van der Waals surface area (Å²) in [6, 6.07) is 9.89. The number of aromatic nitrogens is 2. The number of ether oxygens (including phenoxy) is 1. The molecule has 0 atom stereocenters. The van der Waals surface area contributed by atoms with Crippen molar-refractivity contribution < 1.29 is 9.53 Å². The molecule has 1 aromatic heterocycles. The van der Waals surface area contributed by atoms with Gasteiger partial charge in [-0.25, -0.2) is 4.98 Å². The minimum atomic E-state index is -0.0481. The van der Waals surface area contributed by atoms with Gasteiger partial charge in [0.05, 0.1) is 12.3 Å². The lowest BCUT2D eigenvalue weighted by atomic mass is 10.0. The molecule has 1 N–H and O–H groups in total. The maximum atomic E-state index is 13.0. The van der Waals surface area contributed by atoms with Gasteiger partial charge in [-0.2, -0.15) is 0 Å². The standard InChI is InChI=1S/C22H31N3O3S/c1-16(2)14-23-20(26)11-8-12-29-22-24-19(15-28-4)18(21(27)25(22)3)13-17-9-6-5-7-10-17/h5-7,9-10,16H,8,11-15H2,1-4H3,(H,23,26). The van der Waals surface area contributed by atoms with Gasteiger partial charge in [-0.3, -0.25) is 14.2 Å². The zero-order chi connectivity index (χ0) is 21.2. The number of nitrogens with one attached hydrogen (secondary N) is 1. The van der Waals surface area contributed by atoms with Crippen LogP contribution < -0.4 is 10.9 Å². The van der Waals surface area contributed by atoms with Gasteiger partial charge >= 0.3 is 0 Å². The molecule has 158 valence electrons. The predicted molar refractivity (Wildman–Crippen MR) is 117 cm³/mol. The Morgan fingerprint density at radius 2 is 2.00 bits per heavy atom. The average Bonchev–Trinajstić information content (AvgIpc) is 2.71. The molecule has 6 nitrogen and oxygen atoms in total. The van der Waals surface area contributed by atoms with Gasteiger partial charge in [0.2, 0.25) is 5.91 Å². The van der Waals surface area contributed by atoms with Crippen molar-refractivity contribution in [1.82, 2.24) is 14.9 Å². The Bertz CT molecular complexity index is 850. The van der Waals surface area contributed by atoms with Crippen LogP contribution in [0.2, 0.25) is 0 Å². The van der Waals surface area contributed by atoms with E-state index in [1.165, 1.54) is 11.8 Å². The van der Waals surface area contributed by atoms with Crippen molar-refractivity contribution >= 4 is 17.7 Å². The third-order valence-corrected chi connectivity index (χ3v) is 5.54. The lowest BCUT2D eigenvalue weighted by Crippen LogP contribution is -2.27. The van der Waals surface area contributed by atoms with Gasteiger partial charge in [-0.05, 0) is 17.9 Å². The number of nitrogens with zero attached hydrogens (tertiary/aromatic N) is 2. The molecular weight excluding hydrogens is 386 g/mol. The summed E-state index contributed by atoms with van der Waals surface area (Å²) in [6.07, 6.45) is 1.74. The molecule has 1 heterocycles. The van der Waals surface area contributed by atoms with E-state index in [1.807, 2.05) is 30.3 Å². The molecule has 0 aliphatic heterocycles. The van der Waals surface area contributed by atoms with Gasteiger partial charge in [0.25, 0.3) is 5.56 Å². The number of hydrogen-bond donors (Lipinski definition) is 1. The quantitative estimate of drug-likeness (QED) is 0.345. The zero-order valence-electron chi connectivity index (χ0n) is 17.7. The van der Waals surface area contributed by atoms with Crippen LogP contribution in [0, 0.1) is 5.92 Å². The fraction of sp³-hybridized carbons (Fsp3) is 0.500. The molecule has 2 rings (SSSR count). The molecule has 2 aromatic rings. The van der Waals surface area contributed by atoms with Gasteiger partial charge in [0.15, 0.2) is 5.16 Å². The topological polar surface area (TPSA) is 73.2 Å². The Morgan fingerprint density at radius 3 is 2.66 bits per heavy atom. The van der Waals surface area contributed by atoms with E-state index >= 15 is 0 Å². The summed E-state index contributed by atoms with van der Waals surface area (Å²) in [7, 11) is 3.35. The number of hydrogen-bond acceptors (Lipinski definition) is 5.